The molecule has 0 saturated carbocycles. The van der Waals surface area contributed by atoms with E-state index in [2.05, 4.69) is 20.4 Å². The smallest absolute Gasteiger partial charge is 0.287 e. The van der Waals surface area contributed by atoms with E-state index in [1.165, 1.54) is 12.3 Å². The van der Waals surface area contributed by atoms with Gasteiger partial charge in [0.2, 0.25) is 0 Å². The van der Waals surface area contributed by atoms with Gasteiger partial charge >= 0.3 is 0 Å². The predicted molar refractivity (Wildman–Crippen MR) is 59.2 cm³/mol. The van der Waals surface area contributed by atoms with Crippen molar-refractivity contribution in [2.75, 3.05) is 5.32 Å². The van der Waals surface area contributed by atoms with Crippen LogP contribution in [0.25, 0.3) is 0 Å². The fraction of sp³-hybridized carbons (Fsp3) is 0.222. The summed E-state index contributed by atoms with van der Waals surface area (Å²) in [5.41, 5.74) is -0.0356. The van der Waals surface area contributed by atoms with Crippen molar-refractivity contribution in [3.63, 3.8) is 0 Å². The van der Waals surface area contributed by atoms with Gasteiger partial charge in [-0.25, -0.2) is 9.97 Å². The van der Waals surface area contributed by atoms with E-state index < -0.39 is 4.92 Å². The quantitative estimate of drug-likeness (QED) is 0.618. The van der Waals surface area contributed by atoms with Crippen molar-refractivity contribution in [3.8, 4) is 0 Å². The van der Waals surface area contributed by atoms with Gasteiger partial charge in [-0.05, 0) is 6.07 Å². The zero-order chi connectivity index (χ0) is 12.3. The minimum Gasteiger partial charge on any atom is -0.363 e. The van der Waals surface area contributed by atoms with Gasteiger partial charge in [-0.2, -0.15) is 5.10 Å². The highest BCUT2D eigenvalue weighted by Crippen LogP contribution is 2.11. The van der Waals surface area contributed by atoms with Crippen molar-refractivity contribution in [1.82, 2.24) is 19.7 Å². The summed E-state index contributed by atoms with van der Waals surface area (Å²) >= 11 is 0. The van der Waals surface area contributed by atoms with Crippen molar-refractivity contribution < 1.29 is 4.92 Å². The summed E-state index contributed by atoms with van der Waals surface area (Å²) in [6.07, 6.45) is 2.80. The Balaban J connectivity index is 1.97. The lowest BCUT2D eigenvalue weighted by Gasteiger charge is -2.01. The number of pyridine rings is 1. The largest absolute Gasteiger partial charge is 0.363 e. The lowest BCUT2D eigenvalue weighted by molar-refractivity contribution is -0.385. The lowest BCUT2D eigenvalue weighted by atomic mass is 10.4. The van der Waals surface area contributed by atoms with Gasteiger partial charge in [0.25, 0.3) is 5.69 Å². The van der Waals surface area contributed by atoms with Crippen molar-refractivity contribution in [3.05, 3.63) is 40.6 Å². The third-order valence-corrected chi connectivity index (χ3v) is 2.03. The Hall–Kier alpha value is -2.51. The first kappa shape index (κ1) is 11.0. The highest BCUT2D eigenvalue weighted by Gasteiger charge is 2.05. The van der Waals surface area contributed by atoms with Crippen LogP contribution in [0.5, 0.6) is 0 Å². The van der Waals surface area contributed by atoms with Gasteiger partial charge < -0.3 is 5.32 Å². The molecule has 0 aliphatic heterocycles. The first-order valence-corrected chi connectivity index (χ1v) is 4.84. The van der Waals surface area contributed by atoms with Gasteiger partial charge in [0.15, 0.2) is 5.82 Å². The molecule has 0 radical (unpaired) electrons. The summed E-state index contributed by atoms with van der Waals surface area (Å²) in [7, 11) is 1.78. The number of hydrogen-bond donors (Lipinski definition) is 1. The average molecular weight is 234 g/mol. The van der Waals surface area contributed by atoms with Gasteiger partial charge in [0, 0.05) is 13.1 Å². The van der Waals surface area contributed by atoms with Crippen molar-refractivity contribution in [1.29, 1.82) is 0 Å². The van der Waals surface area contributed by atoms with Crippen LogP contribution >= 0.6 is 0 Å². The maximum Gasteiger partial charge on any atom is 0.287 e. The summed E-state index contributed by atoms with van der Waals surface area (Å²) in [6, 6.07) is 2.93. The first-order valence-electron chi connectivity index (χ1n) is 4.84. The molecule has 0 amide bonds. The second kappa shape index (κ2) is 4.56. The van der Waals surface area contributed by atoms with Crippen LogP contribution in [0.4, 0.5) is 11.5 Å². The number of rotatable bonds is 4. The number of anilines is 1. The Morgan fingerprint density at radius 1 is 1.47 bits per heavy atom. The Morgan fingerprint density at radius 2 is 2.29 bits per heavy atom. The molecule has 2 rings (SSSR count). The van der Waals surface area contributed by atoms with Gasteiger partial charge in [0.05, 0.1) is 11.5 Å². The molecule has 0 aromatic carbocycles. The maximum absolute atomic E-state index is 10.4. The summed E-state index contributed by atoms with van der Waals surface area (Å²) in [5.74, 6) is 1.18. The van der Waals surface area contributed by atoms with Crippen LogP contribution in [0.3, 0.4) is 0 Å². The van der Waals surface area contributed by atoms with Crippen LogP contribution < -0.4 is 5.32 Å². The van der Waals surface area contributed by atoms with Crippen LogP contribution in [0.1, 0.15) is 5.82 Å². The molecule has 0 fully saturated rings. The molecule has 0 aliphatic carbocycles. The number of aromatic nitrogens is 4. The van der Waals surface area contributed by atoms with Gasteiger partial charge in [-0.15, -0.1) is 0 Å². The van der Waals surface area contributed by atoms with Crippen molar-refractivity contribution in [2.24, 2.45) is 7.05 Å². The second-order valence-electron chi connectivity index (χ2n) is 3.35. The van der Waals surface area contributed by atoms with E-state index in [1.54, 1.807) is 24.1 Å². The molecule has 8 heteroatoms. The van der Waals surface area contributed by atoms with Crippen LogP contribution in [0.2, 0.25) is 0 Å². The average Bonchev–Trinajstić information content (AvgIpc) is 2.73. The molecule has 88 valence electrons. The van der Waals surface area contributed by atoms with Crippen LogP contribution in [0, 0.1) is 10.1 Å². The molecule has 0 bridgehead atoms. The summed E-state index contributed by atoms with van der Waals surface area (Å²) in [5, 5.41) is 17.5. The van der Waals surface area contributed by atoms with E-state index in [0.29, 0.717) is 18.2 Å². The number of nitrogens with zero attached hydrogens (tertiary/aromatic N) is 5. The molecule has 0 saturated heterocycles. The Labute approximate surface area is 96.5 Å². The van der Waals surface area contributed by atoms with Crippen molar-refractivity contribution >= 4 is 11.5 Å². The monoisotopic (exact) mass is 234 g/mol. The van der Waals surface area contributed by atoms with Gasteiger partial charge in [0.1, 0.15) is 18.3 Å². The molecule has 2 aromatic heterocycles. The Bertz CT molecular complexity index is 521. The van der Waals surface area contributed by atoms with Crippen LogP contribution in [0.15, 0.2) is 24.7 Å². The van der Waals surface area contributed by atoms with E-state index >= 15 is 0 Å². The number of nitro groups is 1. The first-order chi connectivity index (χ1) is 8.15. The minimum atomic E-state index is -0.489. The van der Waals surface area contributed by atoms with Gasteiger partial charge in [-0.1, -0.05) is 0 Å². The topological polar surface area (TPSA) is 98.8 Å². The molecule has 0 spiro atoms. The maximum atomic E-state index is 10.4. The zero-order valence-corrected chi connectivity index (χ0v) is 9.07. The molecule has 0 atom stereocenters. The molecule has 8 nitrogen and oxygen atoms in total. The Kier molecular flexibility index (Phi) is 2.95. The minimum absolute atomic E-state index is 0.0356. The van der Waals surface area contributed by atoms with E-state index in [4.69, 9.17) is 0 Å². The molecule has 17 heavy (non-hydrogen) atoms. The number of aryl methyl sites for hydroxylation is 1. The normalized spacial score (nSPS) is 10.2. The molecular weight excluding hydrogens is 224 g/mol. The lowest BCUT2D eigenvalue weighted by Crippen LogP contribution is -2.03. The van der Waals surface area contributed by atoms with Crippen LogP contribution in [-0.4, -0.2) is 24.7 Å². The standard InChI is InChI=1S/C9H10N6O2/c1-14-6-12-9(13-14)5-11-8-3-2-7(4-10-8)15(16)17/h2-4,6H,5H2,1H3,(H,10,11). The fourth-order valence-electron chi connectivity index (χ4n) is 1.23. The summed E-state index contributed by atoms with van der Waals surface area (Å²) < 4.78 is 1.60. The fourth-order valence-corrected chi connectivity index (χ4v) is 1.23. The highest BCUT2D eigenvalue weighted by atomic mass is 16.6. The van der Waals surface area contributed by atoms with E-state index in [-0.39, 0.29) is 5.69 Å². The second-order valence-corrected chi connectivity index (χ2v) is 3.35. The SMILES string of the molecule is Cn1cnc(CNc2ccc([N+](=O)[O-])cn2)n1. The third-order valence-electron chi connectivity index (χ3n) is 2.03. The molecule has 2 aromatic rings. The number of nitrogens with one attached hydrogen (secondary N) is 1. The van der Waals surface area contributed by atoms with E-state index in [1.807, 2.05) is 0 Å². The molecule has 2 heterocycles. The molecular formula is C9H10N6O2. The number of hydrogen-bond acceptors (Lipinski definition) is 6. The van der Waals surface area contributed by atoms with E-state index in [9.17, 15) is 10.1 Å². The molecule has 0 unspecified atom stereocenters. The molecule has 1 N–H and O–H groups in total. The summed E-state index contributed by atoms with van der Waals surface area (Å²) in [4.78, 5) is 17.9. The van der Waals surface area contributed by atoms with Crippen LogP contribution in [-0.2, 0) is 13.6 Å². The summed E-state index contributed by atoms with van der Waals surface area (Å²) in [6.45, 7) is 0.422. The highest BCUT2D eigenvalue weighted by molar-refractivity contribution is 5.40. The third kappa shape index (κ3) is 2.74. The molecule has 0 aliphatic rings. The van der Waals surface area contributed by atoms with E-state index in [0.717, 1.165) is 0 Å². The predicted octanol–water partition coefficient (Wildman–Crippen LogP) is 0.730. The zero-order valence-electron chi connectivity index (χ0n) is 9.07. The Morgan fingerprint density at radius 3 is 2.82 bits per heavy atom. The van der Waals surface area contributed by atoms with Crippen molar-refractivity contribution in [2.45, 2.75) is 6.54 Å². The van der Waals surface area contributed by atoms with Gasteiger partial charge in [-0.3, -0.25) is 14.8 Å².